The van der Waals surface area contributed by atoms with Gasteiger partial charge in [0, 0.05) is 34.7 Å². The van der Waals surface area contributed by atoms with Gasteiger partial charge < -0.3 is 5.32 Å². The molecule has 0 saturated heterocycles. The van der Waals surface area contributed by atoms with Crippen molar-refractivity contribution < 1.29 is 13.6 Å². The summed E-state index contributed by atoms with van der Waals surface area (Å²) in [6.45, 7) is 5.28. The summed E-state index contributed by atoms with van der Waals surface area (Å²) in [5.41, 5.74) is 1.39. The van der Waals surface area contributed by atoms with Gasteiger partial charge in [-0.05, 0) is 32.1 Å². The number of rotatable bonds is 9. The molecule has 2 heterocycles. The van der Waals surface area contributed by atoms with Crippen LogP contribution in [0.25, 0.3) is 0 Å². The van der Waals surface area contributed by atoms with Crippen LogP contribution >= 0.6 is 22.9 Å². The molecule has 1 N–H and O–H groups in total. The van der Waals surface area contributed by atoms with E-state index in [9.17, 15) is 13.6 Å². The maximum atomic E-state index is 13.9. The van der Waals surface area contributed by atoms with Gasteiger partial charge in [0.1, 0.15) is 12.0 Å². The molecule has 0 fully saturated rings. The lowest BCUT2D eigenvalue weighted by molar-refractivity contribution is 0.0520. The monoisotopic (exact) mass is 488 g/mol. The third-order valence-corrected chi connectivity index (χ3v) is 6.39. The summed E-state index contributed by atoms with van der Waals surface area (Å²) >= 11 is 7.57. The number of ketones is 1. The number of alkyl halides is 2. The van der Waals surface area contributed by atoms with Crippen LogP contribution < -0.4 is 5.32 Å². The molecular formula is C24H23ClF2N4OS. The van der Waals surface area contributed by atoms with E-state index in [-0.39, 0.29) is 34.4 Å². The van der Waals surface area contributed by atoms with Gasteiger partial charge in [0.2, 0.25) is 0 Å². The Morgan fingerprint density at radius 3 is 2.67 bits per heavy atom. The summed E-state index contributed by atoms with van der Waals surface area (Å²) in [7, 11) is 0. The number of nitrogens with zero attached hydrogens (tertiary/aromatic N) is 3. The fourth-order valence-corrected chi connectivity index (χ4v) is 4.05. The molecule has 0 amide bonds. The molecule has 2 aromatic heterocycles. The normalized spacial score (nSPS) is 13.0. The maximum Gasteiger partial charge on any atom is 0.291 e. The molecule has 1 atom stereocenters. The molecule has 3 rings (SSSR count). The van der Waals surface area contributed by atoms with Gasteiger partial charge in [-0.2, -0.15) is 8.78 Å². The summed E-state index contributed by atoms with van der Waals surface area (Å²) in [4.78, 5) is 25.7. The highest BCUT2D eigenvalue weighted by atomic mass is 35.5. The Kier molecular flexibility index (Phi) is 8.05. The predicted octanol–water partition coefficient (Wildman–Crippen LogP) is 7.24. The van der Waals surface area contributed by atoms with Crippen molar-refractivity contribution >= 4 is 39.5 Å². The molecule has 5 nitrogen and oxygen atoms in total. The Morgan fingerprint density at radius 2 is 1.97 bits per heavy atom. The van der Waals surface area contributed by atoms with Crippen molar-refractivity contribution in [2.75, 3.05) is 5.32 Å². The maximum absolute atomic E-state index is 13.9. The van der Waals surface area contributed by atoms with Gasteiger partial charge in [0.15, 0.2) is 10.9 Å². The number of hydrogen-bond acceptors (Lipinski definition) is 6. The highest BCUT2D eigenvalue weighted by molar-refractivity contribution is 7.15. The van der Waals surface area contributed by atoms with E-state index in [1.165, 1.54) is 35.9 Å². The molecule has 1 unspecified atom stereocenters. The summed E-state index contributed by atoms with van der Waals surface area (Å²) in [5, 5.41) is 4.06. The second-order valence-electron chi connectivity index (χ2n) is 7.36. The number of aromatic nitrogens is 3. The molecule has 0 aliphatic carbocycles. The fraction of sp³-hybridized carbons (Fsp3) is 0.250. The van der Waals surface area contributed by atoms with E-state index in [0.717, 1.165) is 11.0 Å². The van der Waals surface area contributed by atoms with E-state index in [4.69, 9.17) is 11.6 Å². The summed E-state index contributed by atoms with van der Waals surface area (Å²) in [5.74, 6) is -3.14. The zero-order chi connectivity index (χ0) is 24.0. The number of benzene rings is 1. The number of anilines is 2. The van der Waals surface area contributed by atoms with Crippen LogP contribution in [0.15, 0.2) is 61.1 Å². The van der Waals surface area contributed by atoms with Gasteiger partial charge in [0.25, 0.3) is 5.92 Å². The number of hydrogen-bond donors (Lipinski definition) is 1. The van der Waals surface area contributed by atoms with Crippen LogP contribution in [0.5, 0.6) is 0 Å². The number of thiazole rings is 1. The van der Waals surface area contributed by atoms with Crippen LogP contribution in [0.2, 0.25) is 5.02 Å². The largest absolute Gasteiger partial charge is 0.332 e. The molecule has 9 heteroatoms. The van der Waals surface area contributed by atoms with E-state index in [1.807, 2.05) is 13.0 Å². The quantitative estimate of drug-likeness (QED) is 0.254. The minimum absolute atomic E-state index is 0.0374. The zero-order valence-electron chi connectivity index (χ0n) is 18.3. The molecule has 3 aromatic rings. The highest BCUT2D eigenvalue weighted by Gasteiger charge is 2.27. The van der Waals surface area contributed by atoms with Gasteiger partial charge in [-0.1, -0.05) is 48.9 Å². The first-order chi connectivity index (χ1) is 15.7. The highest BCUT2D eigenvalue weighted by Crippen LogP contribution is 2.32. The van der Waals surface area contributed by atoms with Crippen molar-refractivity contribution in [1.82, 2.24) is 15.0 Å². The number of carbonyl (C=O) groups is 1. The van der Waals surface area contributed by atoms with E-state index in [2.05, 4.69) is 20.3 Å². The van der Waals surface area contributed by atoms with Crippen LogP contribution in [0.4, 0.5) is 19.6 Å². The summed E-state index contributed by atoms with van der Waals surface area (Å²) in [6, 6.07) is 5.99. The third kappa shape index (κ3) is 6.30. The van der Waals surface area contributed by atoms with Crippen LogP contribution in [-0.4, -0.2) is 20.7 Å². The second-order valence-corrected chi connectivity index (χ2v) is 8.80. The molecule has 0 aliphatic rings. The van der Waals surface area contributed by atoms with Crippen LogP contribution in [-0.2, 0) is 5.92 Å². The molecule has 0 bridgehead atoms. The van der Waals surface area contributed by atoms with Gasteiger partial charge in [-0.15, -0.1) is 11.3 Å². The molecule has 0 aliphatic heterocycles. The number of carbonyl (C=O) groups excluding carboxylic acids is 1. The Morgan fingerprint density at radius 1 is 1.24 bits per heavy atom. The number of allylic oxidation sites excluding steroid dienone is 4. The zero-order valence-corrected chi connectivity index (χ0v) is 19.9. The lowest BCUT2D eigenvalue weighted by atomic mass is 10.1. The lowest BCUT2D eigenvalue weighted by Gasteiger charge is -2.12. The standard InChI is InChI=1S/C24H23ClF2N4OS/c1-4-12-24(26,27)17-8-10-18(11-9-17)31-23-28-13-20(33-23)15(2)6-5-7-19(32)22-21(25)16(3)29-14-30-22/h4-6,8-15H,7H2,1-3H3,(H,28,31)/b6-5+,12-4+. The van der Waals surface area contributed by atoms with Crippen molar-refractivity contribution in [2.24, 2.45) is 0 Å². The molecule has 1 aromatic carbocycles. The molecule has 172 valence electrons. The first-order valence-electron chi connectivity index (χ1n) is 10.2. The Bertz CT molecular complexity index is 1180. The van der Waals surface area contributed by atoms with Crippen molar-refractivity contribution in [1.29, 1.82) is 0 Å². The Balaban J connectivity index is 1.59. The Hall–Kier alpha value is -2.97. The average molecular weight is 489 g/mol. The van der Waals surface area contributed by atoms with Crippen molar-refractivity contribution in [2.45, 2.75) is 39.0 Å². The van der Waals surface area contributed by atoms with Crippen molar-refractivity contribution in [3.8, 4) is 0 Å². The summed E-state index contributed by atoms with van der Waals surface area (Å²) in [6.07, 6.45) is 9.17. The molecule has 33 heavy (non-hydrogen) atoms. The number of halogens is 3. The second kappa shape index (κ2) is 10.8. The number of Topliss-reactive ketones (excluding diaryl/α,β-unsaturated/α-hetero) is 1. The van der Waals surface area contributed by atoms with E-state index in [1.54, 1.807) is 38.3 Å². The molecular weight excluding hydrogens is 466 g/mol. The van der Waals surface area contributed by atoms with Crippen LogP contribution in [0.1, 0.15) is 52.8 Å². The van der Waals surface area contributed by atoms with E-state index < -0.39 is 5.92 Å². The van der Waals surface area contributed by atoms with Crippen molar-refractivity contribution in [3.05, 3.63) is 87.9 Å². The average Bonchev–Trinajstić information content (AvgIpc) is 3.24. The smallest absolute Gasteiger partial charge is 0.291 e. The summed E-state index contributed by atoms with van der Waals surface area (Å²) < 4.78 is 27.9. The minimum Gasteiger partial charge on any atom is -0.332 e. The van der Waals surface area contributed by atoms with E-state index >= 15 is 0 Å². The van der Waals surface area contributed by atoms with E-state index in [0.29, 0.717) is 16.5 Å². The first-order valence-corrected chi connectivity index (χ1v) is 11.4. The van der Waals surface area contributed by atoms with Crippen LogP contribution in [0, 0.1) is 6.92 Å². The van der Waals surface area contributed by atoms with Crippen LogP contribution in [0.3, 0.4) is 0 Å². The van der Waals surface area contributed by atoms with Gasteiger partial charge >= 0.3 is 0 Å². The number of aryl methyl sites for hydroxylation is 1. The first kappa shape index (κ1) is 24.7. The fourth-order valence-electron chi connectivity index (χ4n) is 2.98. The minimum atomic E-state index is -3.00. The molecule has 0 spiro atoms. The Labute approximate surface area is 200 Å². The van der Waals surface area contributed by atoms with Gasteiger partial charge in [-0.25, -0.2) is 15.0 Å². The molecule has 0 radical (unpaired) electrons. The van der Waals surface area contributed by atoms with Gasteiger partial charge in [-0.3, -0.25) is 4.79 Å². The third-order valence-electron chi connectivity index (χ3n) is 4.83. The van der Waals surface area contributed by atoms with Gasteiger partial charge in [0.05, 0.1) is 10.7 Å². The molecule has 0 saturated carbocycles. The predicted molar refractivity (Wildman–Crippen MR) is 129 cm³/mol. The SMILES string of the molecule is C/C=C/C(F)(F)c1ccc(Nc2ncc(C(C)/C=C/CC(=O)c3ncnc(C)c3Cl)s2)cc1. The lowest BCUT2D eigenvalue weighted by Crippen LogP contribution is -2.08. The number of nitrogens with one attached hydrogen (secondary N) is 1. The van der Waals surface area contributed by atoms with Crippen molar-refractivity contribution in [3.63, 3.8) is 0 Å². The topological polar surface area (TPSA) is 67.8 Å².